The van der Waals surface area contributed by atoms with Gasteiger partial charge in [-0.15, -0.1) is 0 Å². The number of carbonyl (C=O) groups is 1. The average Bonchev–Trinajstić information content (AvgIpc) is 3.25. The van der Waals surface area contributed by atoms with Crippen LogP contribution < -0.4 is 0 Å². The molecule has 3 unspecified atom stereocenters. The fourth-order valence-corrected chi connectivity index (χ4v) is 7.70. The lowest BCUT2D eigenvalue weighted by atomic mass is 9.44. The molecule has 2 spiro atoms. The molecular weight excluding hydrogens is 332 g/mol. The Bertz CT molecular complexity index is 636. The molecular formula is C21H32O5. The molecule has 26 heavy (non-hydrogen) atoms. The number of hydrogen-bond acceptors (Lipinski definition) is 5. The van der Waals surface area contributed by atoms with Gasteiger partial charge in [0.15, 0.2) is 6.29 Å². The summed E-state index contributed by atoms with van der Waals surface area (Å²) in [7, 11) is 1.71. The SMILES string of the molecule is COC1CC2(CC[C@@]3(O2)[C@H](C)C[C@H]2OC(=O)[C@@]4(C)CCC[C@]3(C)C24)CO1. The second-order valence-electron chi connectivity index (χ2n) is 10.1. The normalized spacial score (nSPS) is 58.4. The zero-order valence-electron chi connectivity index (χ0n) is 16.5. The van der Waals surface area contributed by atoms with Crippen molar-refractivity contribution >= 4 is 5.97 Å². The Balaban J connectivity index is 1.55. The molecule has 5 heteroatoms. The van der Waals surface area contributed by atoms with Gasteiger partial charge in [0.25, 0.3) is 0 Å². The lowest BCUT2D eigenvalue weighted by molar-refractivity contribution is -0.251. The van der Waals surface area contributed by atoms with Crippen molar-refractivity contribution in [3.05, 3.63) is 0 Å². The molecule has 5 rings (SSSR count). The lowest BCUT2D eigenvalue weighted by Gasteiger charge is -2.62. The first-order valence-corrected chi connectivity index (χ1v) is 10.3. The topological polar surface area (TPSA) is 54.0 Å². The molecule has 5 fully saturated rings. The first-order valence-electron chi connectivity index (χ1n) is 10.3. The molecule has 3 aliphatic heterocycles. The molecule has 8 atom stereocenters. The Hall–Kier alpha value is -0.650. The maximum Gasteiger partial charge on any atom is 0.312 e. The molecule has 0 aromatic rings. The van der Waals surface area contributed by atoms with E-state index in [0.717, 1.165) is 44.9 Å². The molecule has 3 heterocycles. The van der Waals surface area contributed by atoms with Crippen molar-refractivity contribution in [1.29, 1.82) is 0 Å². The Morgan fingerprint density at radius 2 is 1.96 bits per heavy atom. The minimum absolute atomic E-state index is 0.0247. The van der Waals surface area contributed by atoms with E-state index in [1.807, 2.05) is 0 Å². The van der Waals surface area contributed by atoms with E-state index in [2.05, 4.69) is 20.8 Å². The summed E-state index contributed by atoms with van der Waals surface area (Å²) in [5, 5.41) is 0. The fraction of sp³-hybridized carbons (Fsp3) is 0.952. The number of rotatable bonds is 1. The zero-order valence-corrected chi connectivity index (χ0v) is 16.5. The van der Waals surface area contributed by atoms with E-state index >= 15 is 0 Å². The molecule has 5 nitrogen and oxygen atoms in total. The van der Waals surface area contributed by atoms with Crippen LogP contribution in [0.1, 0.15) is 65.7 Å². The van der Waals surface area contributed by atoms with Crippen molar-refractivity contribution in [3.8, 4) is 0 Å². The van der Waals surface area contributed by atoms with Crippen molar-refractivity contribution in [3.63, 3.8) is 0 Å². The Morgan fingerprint density at radius 1 is 1.15 bits per heavy atom. The van der Waals surface area contributed by atoms with Crippen LogP contribution in [-0.4, -0.2) is 43.3 Å². The maximum absolute atomic E-state index is 12.8. The van der Waals surface area contributed by atoms with E-state index in [4.69, 9.17) is 18.9 Å². The minimum Gasteiger partial charge on any atom is -0.462 e. The van der Waals surface area contributed by atoms with E-state index in [1.54, 1.807) is 7.11 Å². The van der Waals surface area contributed by atoms with Crippen molar-refractivity contribution < 1.29 is 23.7 Å². The maximum atomic E-state index is 12.8. The summed E-state index contributed by atoms with van der Waals surface area (Å²) >= 11 is 0. The van der Waals surface area contributed by atoms with Crippen LogP contribution in [0.3, 0.4) is 0 Å². The van der Waals surface area contributed by atoms with Crippen LogP contribution in [0.4, 0.5) is 0 Å². The number of esters is 1. The molecule has 2 aliphatic carbocycles. The van der Waals surface area contributed by atoms with Gasteiger partial charge in [-0.2, -0.15) is 0 Å². The molecule has 0 aromatic heterocycles. The molecule has 146 valence electrons. The quantitative estimate of drug-likeness (QED) is 0.667. The van der Waals surface area contributed by atoms with Crippen LogP contribution in [0.15, 0.2) is 0 Å². The van der Waals surface area contributed by atoms with E-state index in [0.29, 0.717) is 12.5 Å². The van der Waals surface area contributed by atoms with Gasteiger partial charge in [0.05, 0.1) is 23.2 Å². The molecule has 0 radical (unpaired) electrons. The number of carbonyl (C=O) groups excluding carboxylic acids is 1. The highest BCUT2D eigenvalue weighted by atomic mass is 16.7. The van der Waals surface area contributed by atoms with Gasteiger partial charge in [-0.05, 0) is 44.9 Å². The predicted octanol–water partition coefficient (Wildman–Crippen LogP) is 3.45. The van der Waals surface area contributed by atoms with Gasteiger partial charge in [-0.25, -0.2) is 0 Å². The number of ether oxygens (including phenoxy) is 4. The van der Waals surface area contributed by atoms with Gasteiger partial charge >= 0.3 is 5.97 Å². The van der Waals surface area contributed by atoms with Crippen LogP contribution in [-0.2, 0) is 23.7 Å². The predicted molar refractivity (Wildman–Crippen MR) is 94.4 cm³/mol. The van der Waals surface area contributed by atoms with Gasteiger partial charge in [-0.1, -0.05) is 20.3 Å². The molecule has 5 aliphatic rings. The molecule has 0 amide bonds. The second kappa shape index (κ2) is 5.24. The van der Waals surface area contributed by atoms with Gasteiger partial charge < -0.3 is 18.9 Å². The lowest BCUT2D eigenvalue weighted by Crippen LogP contribution is -2.65. The number of methoxy groups -OCH3 is 1. The summed E-state index contributed by atoms with van der Waals surface area (Å²) in [5.74, 6) is 0.671. The van der Waals surface area contributed by atoms with Crippen LogP contribution in [0.25, 0.3) is 0 Å². The number of hydrogen-bond donors (Lipinski definition) is 0. The third kappa shape index (κ3) is 1.90. The first-order chi connectivity index (χ1) is 12.3. The summed E-state index contributed by atoms with van der Waals surface area (Å²) in [6, 6.07) is 0. The van der Waals surface area contributed by atoms with Crippen molar-refractivity contribution in [2.45, 2.75) is 89.3 Å². The summed E-state index contributed by atoms with van der Waals surface area (Å²) in [4.78, 5) is 12.8. The molecule has 0 N–H and O–H groups in total. The standard InChI is InChI=1S/C21H32O5/c1-13-10-14-16-18(2,17(22)25-14)6-5-7-19(16,3)21(13)9-8-20(26-21)11-15(23-4)24-12-20/h13-16H,5-12H2,1-4H3/t13-,14-,15?,16?,18+,19-,20?,21-/m1/s1. The van der Waals surface area contributed by atoms with Crippen LogP contribution >= 0.6 is 0 Å². The van der Waals surface area contributed by atoms with Crippen LogP contribution in [0.2, 0.25) is 0 Å². The van der Waals surface area contributed by atoms with E-state index in [1.165, 1.54) is 0 Å². The van der Waals surface area contributed by atoms with Crippen molar-refractivity contribution in [2.75, 3.05) is 13.7 Å². The fourth-order valence-electron chi connectivity index (χ4n) is 7.70. The highest BCUT2D eigenvalue weighted by Gasteiger charge is 2.74. The van der Waals surface area contributed by atoms with Gasteiger partial charge in [-0.3, -0.25) is 4.79 Å². The Kier molecular flexibility index (Phi) is 3.51. The summed E-state index contributed by atoms with van der Waals surface area (Å²) < 4.78 is 24.3. The van der Waals surface area contributed by atoms with E-state index in [9.17, 15) is 4.79 Å². The van der Waals surface area contributed by atoms with E-state index < -0.39 is 0 Å². The zero-order chi connectivity index (χ0) is 18.4. The molecule has 0 aromatic carbocycles. The second-order valence-corrected chi connectivity index (χ2v) is 10.1. The van der Waals surface area contributed by atoms with Crippen LogP contribution in [0.5, 0.6) is 0 Å². The summed E-state index contributed by atoms with van der Waals surface area (Å²) in [6.07, 6.45) is 6.87. The van der Waals surface area contributed by atoms with Crippen molar-refractivity contribution in [1.82, 2.24) is 0 Å². The average molecular weight is 364 g/mol. The highest BCUT2D eigenvalue weighted by molar-refractivity contribution is 5.80. The monoisotopic (exact) mass is 364 g/mol. The minimum atomic E-state index is -0.342. The van der Waals surface area contributed by atoms with Gasteiger partial charge in [0, 0.05) is 24.9 Å². The molecule has 2 saturated carbocycles. The van der Waals surface area contributed by atoms with Gasteiger partial charge in [0.1, 0.15) is 6.10 Å². The van der Waals surface area contributed by atoms with Gasteiger partial charge in [0.2, 0.25) is 0 Å². The van der Waals surface area contributed by atoms with E-state index in [-0.39, 0.29) is 46.3 Å². The summed E-state index contributed by atoms with van der Waals surface area (Å²) in [6.45, 7) is 7.47. The number of fused-ring (bicyclic) bond motifs is 1. The third-order valence-corrected chi connectivity index (χ3v) is 8.89. The molecule has 0 bridgehead atoms. The van der Waals surface area contributed by atoms with Crippen molar-refractivity contribution in [2.24, 2.45) is 22.7 Å². The largest absolute Gasteiger partial charge is 0.462 e. The highest BCUT2D eigenvalue weighted by Crippen LogP contribution is 2.70. The first kappa shape index (κ1) is 17.4. The van der Waals surface area contributed by atoms with Crippen LogP contribution in [0, 0.1) is 22.7 Å². The Morgan fingerprint density at radius 3 is 2.69 bits per heavy atom. The summed E-state index contributed by atoms with van der Waals surface area (Å²) in [5.41, 5.74) is -0.772. The smallest absolute Gasteiger partial charge is 0.312 e. The molecule has 3 saturated heterocycles. The third-order valence-electron chi connectivity index (χ3n) is 8.89. The Labute approximate surface area is 156 Å².